The van der Waals surface area contributed by atoms with Crippen molar-refractivity contribution >= 4 is 53.7 Å². The van der Waals surface area contributed by atoms with Crippen LogP contribution < -0.4 is 46.0 Å². The van der Waals surface area contributed by atoms with Gasteiger partial charge in [0, 0.05) is 74.3 Å². The molecule has 0 spiro atoms. The first-order chi connectivity index (χ1) is 17.3. The van der Waals surface area contributed by atoms with Gasteiger partial charge >= 0.3 is 68.3 Å². The summed E-state index contributed by atoms with van der Waals surface area (Å²) in [6, 6.07) is 0. The summed E-state index contributed by atoms with van der Waals surface area (Å²) >= 11 is 0. The van der Waals surface area contributed by atoms with Gasteiger partial charge in [-0.1, -0.05) is 0 Å². The largest absolute Gasteiger partial charge is 3.00 e. The first kappa shape index (κ1) is 56.0. The zero-order valence-corrected chi connectivity index (χ0v) is 25.1. The summed E-state index contributed by atoms with van der Waals surface area (Å²) in [6.45, 7) is 0. The molecule has 0 saturated heterocycles. The van der Waals surface area contributed by atoms with Crippen molar-refractivity contribution in [2.75, 3.05) is 0 Å². The zero-order valence-electron chi connectivity index (χ0n) is 20.4. The van der Waals surface area contributed by atoms with Crippen molar-refractivity contribution in [2.45, 2.75) is 55.3 Å². The van der Waals surface area contributed by atoms with E-state index in [1.165, 1.54) is 0 Å². The minimum Gasteiger partial charge on any atom is -0.550 e. The Balaban J connectivity index is -0.0000000864. The number of carbonyl (C=O) groups excluding carboxylic acids is 9. The average Bonchev–Trinajstić information content (AvgIpc) is 2.64. The molecule has 21 nitrogen and oxygen atoms in total. The van der Waals surface area contributed by atoms with E-state index in [0.717, 1.165) is 0 Å². The van der Waals surface area contributed by atoms with Crippen LogP contribution in [0.3, 0.4) is 0 Å². The topological polar surface area (TPSA) is 422 Å². The Bertz CT molecular complexity index is 828. The van der Waals surface area contributed by atoms with Crippen molar-refractivity contribution in [3.63, 3.8) is 0 Å². The third-order valence-electron chi connectivity index (χ3n) is 3.76. The van der Waals surface area contributed by atoms with Crippen LogP contribution >= 0.6 is 0 Å². The van der Waals surface area contributed by atoms with E-state index in [9.17, 15) is 89.1 Å². The molecule has 0 fully saturated rings. The maximum atomic E-state index is 10.1. The monoisotopic (exact) mass is 788 g/mol. The van der Waals surface area contributed by atoms with E-state index in [0.29, 0.717) is 0 Å². The SMILES string of the molecule is O=C([O-])CC(O)(CC(=O)[O-])C(=O)[O-].O=C([O-])CC(O)(CC(=O)[O-])C(=O)[O-].O=C([O-])CC(O)(CC(=O)[O-])C(=O)[O-].[Fe+3].[Mn+2].[Mn+2].[Mn+2]. The van der Waals surface area contributed by atoms with Crippen LogP contribution in [0.15, 0.2) is 0 Å². The van der Waals surface area contributed by atoms with E-state index < -0.39 is 109 Å². The van der Waals surface area contributed by atoms with E-state index in [2.05, 4.69) is 0 Å². The summed E-state index contributed by atoms with van der Waals surface area (Å²) in [5.41, 5.74) is -8.92. The van der Waals surface area contributed by atoms with Crippen LogP contribution in [0, 0.1) is 0 Å². The van der Waals surface area contributed by atoms with Gasteiger partial charge in [0.1, 0.15) is 16.8 Å². The van der Waals surface area contributed by atoms with Gasteiger partial charge < -0.3 is 104 Å². The molecular weight excluding hydrogens is 773 g/mol. The van der Waals surface area contributed by atoms with Gasteiger partial charge in [0.05, 0.1) is 17.9 Å². The minimum atomic E-state index is -2.97. The maximum absolute atomic E-state index is 10.1. The van der Waals surface area contributed by atoms with Crippen LogP contribution in [-0.2, 0) is 111 Å². The second-order valence-corrected chi connectivity index (χ2v) is 7.25. The van der Waals surface area contributed by atoms with Gasteiger partial charge in [0.25, 0.3) is 0 Å². The Morgan fingerprint density at radius 3 is 0.488 bits per heavy atom. The fourth-order valence-electron chi connectivity index (χ4n) is 2.05. The van der Waals surface area contributed by atoms with Gasteiger partial charge in [-0.25, -0.2) is 0 Å². The summed E-state index contributed by atoms with van der Waals surface area (Å²) in [6.07, 6.45) is -8.15. The second-order valence-electron chi connectivity index (χ2n) is 7.25. The summed E-state index contributed by atoms with van der Waals surface area (Å²) < 4.78 is 0. The Labute approximate surface area is 280 Å². The molecule has 0 heterocycles. The van der Waals surface area contributed by atoms with Gasteiger partial charge in [-0.3, -0.25) is 0 Å². The number of hydrogen-bond acceptors (Lipinski definition) is 21. The van der Waals surface area contributed by atoms with Crippen molar-refractivity contribution < 1.29 is 173 Å². The van der Waals surface area contributed by atoms with Crippen LogP contribution in [0.1, 0.15) is 38.5 Å². The molecule has 0 aliphatic rings. The van der Waals surface area contributed by atoms with Crippen molar-refractivity contribution in [3.05, 3.63) is 0 Å². The molecule has 0 aromatic carbocycles. The molecule has 0 rings (SSSR count). The van der Waals surface area contributed by atoms with Crippen molar-refractivity contribution in [1.29, 1.82) is 0 Å². The molecule has 242 valence electrons. The second kappa shape index (κ2) is 24.6. The van der Waals surface area contributed by atoms with Gasteiger partial charge in [-0.05, 0) is 0 Å². The molecule has 0 saturated carbocycles. The Morgan fingerprint density at radius 1 is 0.349 bits per heavy atom. The molecule has 0 bridgehead atoms. The van der Waals surface area contributed by atoms with Crippen LogP contribution in [-0.4, -0.2) is 85.8 Å². The minimum absolute atomic E-state index is 0. The normalized spacial score (nSPS) is 9.84. The van der Waals surface area contributed by atoms with Crippen molar-refractivity contribution in [2.24, 2.45) is 0 Å². The van der Waals surface area contributed by atoms with Crippen LogP contribution in [0.2, 0.25) is 0 Å². The fraction of sp³-hybridized carbons (Fsp3) is 0.500. The van der Waals surface area contributed by atoms with Crippen molar-refractivity contribution in [3.8, 4) is 0 Å². The van der Waals surface area contributed by atoms with Crippen molar-refractivity contribution in [1.82, 2.24) is 0 Å². The molecule has 0 aromatic heterocycles. The smallest absolute Gasteiger partial charge is 0.550 e. The van der Waals surface area contributed by atoms with E-state index in [-0.39, 0.29) is 68.3 Å². The van der Waals surface area contributed by atoms with E-state index in [1.54, 1.807) is 0 Å². The molecule has 4 radical (unpaired) electrons. The third kappa shape index (κ3) is 26.5. The van der Waals surface area contributed by atoms with Crippen LogP contribution in [0.4, 0.5) is 0 Å². The summed E-state index contributed by atoms with van der Waals surface area (Å²) in [5, 5.41) is 117. The van der Waals surface area contributed by atoms with E-state index >= 15 is 0 Å². The predicted octanol–water partition coefficient (Wildman–Crippen LogP) is -15.8. The molecular formula is C18H15FeMn3O21. The fourth-order valence-corrected chi connectivity index (χ4v) is 2.05. The quantitative estimate of drug-likeness (QED) is 0.130. The Kier molecular flexibility index (Phi) is 32.1. The molecule has 0 atom stereocenters. The first-order valence-electron chi connectivity index (χ1n) is 9.34. The number of hydrogen-bond donors (Lipinski definition) is 3. The van der Waals surface area contributed by atoms with E-state index in [4.69, 9.17) is 15.3 Å². The predicted molar refractivity (Wildman–Crippen MR) is 87.6 cm³/mol. The molecule has 0 aliphatic heterocycles. The molecule has 0 amide bonds. The van der Waals surface area contributed by atoms with Gasteiger partial charge in [-0.15, -0.1) is 0 Å². The van der Waals surface area contributed by atoms with Gasteiger partial charge in [0.15, 0.2) is 0 Å². The number of aliphatic carboxylic acids is 9. The average molecular weight is 788 g/mol. The van der Waals surface area contributed by atoms with Crippen LogP contribution in [0.25, 0.3) is 0 Å². The van der Waals surface area contributed by atoms with Gasteiger partial charge in [-0.2, -0.15) is 0 Å². The molecule has 25 heteroatoms. The summed E-state index contributed by atoms with van der Waals surface area (Å²) in [7, 11) is 0. The molecule has 0 unspecified atom stereocenters. The Hall–Kier alpha value is -2.81. The Morgan fingerprint density at radius 2 is 0.442 bits per heavy atom. The molecule has 0 aromatic rings. The van der Waals surface area contributed by atoms with E-state index in [1.807, 2.05) is 0 Å². The third-order valence-corrected chi connectivity index (χ3v) is 3.76. The number of carboxylic acid groups (broad SMARTS) is 9. The summed E-state index contributed by atoms with van der Waals surface area (Å²) in [5.74, 6) is -18.0. The van der Waals surface area contributed by atoms with Gasteiger partial charge in [0.2, 0.25) is 0 Å². The standard InChI is InChI=1S/3C6H8O7.Fe.3Mn/c3*7-3(8)1-6(13,5(11)12)2-4(9)10;;;;/h3*13H,1-2H2,(H,7,8)(H,9,10)(H,11,12);;;;/q;;;+3;3*+2/p-9. The molecule has 43 heavy (non-hydrogen) atoms. The summed E-state index contributed by atoms with van der Waals surface area (Å²) in [4.78, 5) is 90.0. The van der Waals surface area contributed by atoms with Crippen LogP contribution in [0.5, 0.6) is 0 Å². The number of rotatable bonds is 15. The maximum Gasteiger partial charge on any atom is 3.00 e. The number of carboxylic acids is 9. The number of carbonyl (C=O) groups is 9. The molecule has 3 N–H and O–H groups in total. The number of aliphatic hydroxyl groups is 3. The zero-order chi connectivity index (χ0) is 31.9. The molecule has 0 aliphatic carbocycles. The first-order valence-corrected chi connectivity index (χ1v) is 9.34.